The Labute approximate surface area is 72.2 Å². The van der Waals surface area contributed by atoms with Crippen LogP contribution in [0.4, 0.5) is 0 Å². The third-order valence-corrected chi connectivity index (χ3v) is 2.80. The maximum absolute atomic E-state index is 9.09. The van der Waals surface area contributed by atoms with Gasteiger partial charge in [-0.1, -0.05) is 6.42 Å². The molecular weight excluding hydrogens is 152 g/mol. The molecule has 1 aromatic heterocycles. The minimum Gasteiger partial charge on any atom is -0.469 e. The highest BCUT2D eigenvalue weighted by Crippen LogP contribution is 2.39. The monoisotopic (exact) mass is 166 g/mol. The highest BCUT2D eigenvalue weighted by atomic mass is 16.3. The second-order valence-corrected chi connectivity index (χ2v) is 3.50. The molecule has 66 valence electrons. The van der Waals surface area contributed by atoms with Crippen molar-refractivity contribution in [3.05, 3.63) is 24.2 Å². The minimum absolute atomic E-state index is 0.297. The second kappa shape index (κ2) is 3.31. The van der Waals surface area contributed by atoms with E-state index in [1.165, 1.54) is 12.8 Å². The van der Waals surface area contributed by atoms with Gasteiger partial charge in [0.25, 0.3) is 0 Å². The summed E-state index contributed by atoms with van der Waals surface area (Å²) in [4.78, 5) is 0. The molecule has 2 nitrogen and oxygen atoms in total. The lowest BCUT2D eigenvalue weighted by Crippen LogP contribution is -2.09. The van der Waals surface area contributed by atoms with Crippen LogP contribution in [0.2, 0.25) is 0 Å². The second-order valence-electron chi connectivity index (χ2n) is 3.50. The first kappa shape index (κ1) is 7.87. The first-order valence-electron chi connectivity index (χ1n) is 4.56. The molecule has 2 atom stereocenters. The normalized spacial score (nSPS) is 29.4. The van der Waals surface area contributed by atoms with Crippen molar-refractivity contribution < 1.29 is 9.52 Å². The van der Waals surface area contributed by atoms with Crippen LogP contribution in [0.1, 0.15) is 30.9 Å². The van der Waals surface area contributed by atoms with Gasteiger partial charge in [-0.2, -0.15) is 0 Å². The van der Waals surface area contributed by atoms with Crippen LogP contribution in [0, 0.1) is 5.92 Å². The summed E-state index contributed by atoms with van der Waals surface area (Å²) in [6.07, 6.45) is 5.24. The lowest BCUT2D eigenvalue weighted by Gasteiger charge is -2.13. The van der Waals surface area contributed by atoms with E-state index < -0.39 is 0 Å². The number of furan rings is 1. The Kier molecular flexibility index (Phi) is 2.17. The molecule has 0 saturated heterocycles. The SMILES string of the molecule is OCC1CCCC1c1ccco1. The fraction of sp³-hybridized carbons (Fsp3) is 0.600. The van der Waals surface area contributed by atoms with Crippen molar-refractivity contribution in [2.45, 2.75) is 25.2 Å². The summed E-state index contributed by atoms with van der Waals surface area (Å²) >= 11 is 0. The Morgan fingerprint density at radius 3 is 3.08 bits per heavy atom. The molecule has 2 heteroatoms. The smallest absolute Gasteiger partial charge is 0.107 e. The molecule has 0 bridgehead atoms. The Morgan fingerprint density at radius 2 is 2.42 bits per heavy atom. The van der Waals surface area contributed by atoms with Gasteiger partial charge in [0, 0.05) is 12.5 Å². The molecule has 1 aromatic rings. The Hall–Kier alpha value is -0.760. The van der Waals surface area contributed by atoms with Crippen molar-refractivity contribution in [3.63, 3.8) is 0 Å². The van der Waals surface area contributed by atoms with Crippen molar-refractivity contribution in [2.75, 3.05) is 6.61 Å². The number of rotatable bonds is 2. The Morgan fingerprint density at radius 1 is 1.50 bits per heavy atom. The molecule has 1 aliphatic carbocycles. The van der Waals surface area contributed by atoms with Gasteiger partial charge < -0.3 is 9.52 Å². The lowest BCUT2D eigenvalue weighted by molar-refractivity contribution is 0.209. The average molecular weight is 166 g/mol. The lowest BCUT2D eigenvalue weighted by atomic mass is 9.95. The maximum Gasteiger partial charge on any atom is 0.107 e. The zero-order valence-electron chi connectivity index (χ0n) is 7.07. The molecular formula is C10H14O2. The summed E-state index contributed by atoms with van der Waals surface area (Å²) in [7, 11) is 0. The molecule has 2 rings (SSSR count). The van der Waals surface area contributed by atoms with Crippen LogP contribution in [0.3, 0.4) is 0 Å². The van der Waals surface area contributed by atoms with Gasteiger partial charge in [0.15, 0.2) is 0 Å². The molecule has 2 unspecified atom stereocenters. The van der Waals surface area contributed by atoms with Crippen LogP contribution >= 0.6 is 0 Å². The molecule has 0 aromatic carbocycles. The third kappa shape index (κ3) is 1.27. The summed E-state index contributed by atoms with van der Waals surface area (Å²) in [6.45, 7) is 0.297. The Balaban J connectivity index is 2.13. The van der Waals surface area contributed by atoms with E-state index in [2.05, 4.69) is 0 Å². The maximum atomic E-state index is 9.09. The fourth-order valence-electron chi connectivity index (χ4n) is 2.13. The topological polar surface area (TPSA) is 33.4 Å². The largest absolute Gasteiger partial charge is 0.469 e. The van der Waals surface area contributed by atoms with E-state index in [0.29, 0.717) is 18.4 Å². The third-order valence-electron chi connectivity index (χ3n) is 2.80. The van der Waals surface area contributed by atoms with E-state index in [9.17, 15) is 0 Å². The van der Waals surface area contributed by atoms with Crippen molar-refractivity contribution in [3.8, 4) is 0 Å². The number of hydrogen-bond acceptors (Lipinski definition) is 2. The first-order valence-corrected chi connectivity index (χ1v) is 4.56. The minimum atomic E-state index is 0.297. The van der Waals surface area contributed by atoms with Crippen molar-refractivity contribution >= 4 is 0 Å². The van der Waals surface area contributed by atoms with Gasteiger partial charge in [-0.05, 0) is 30.9 Å². The molecule has 0 aliphatic heterocycles. The molecule has 0 spiro atoms. The number of aliphatic hydroxyl groups excluding tert-OH is 1. The van der Waals surface area contributed by atoms with Crippen molar-refractivity contribution in [1.29, 1.82) is 0 Å². The quantitative estimate of drug-likeness (QED) is 0.730. The van der Waals surface area contributed by atoms with Gasteiger partial charge in [0.1, 0.15) is 5.76 Å². The predicted molar refractivity (Wildman–Crippen MR) is 45.9 cm³/mol. The highest BCUT2D eigenvalue weighted by Gasteiger charge is 2.29. The molecule has 12 heavy (non-hydrogen) atoms. The predicted octanol–water partition coefficient (Wildman–Crippen LogP) is 2.16. The molecule has 0 amide bonds. The van der Waals surface area contributed by atoms with E-state index in [0.717, 1.165) is 12.2 Å². The van der Waals surface area contributed by atoms with Gasteiger partial charge >= 0.3 is 0 Å². The number of aliphatic hydroxyl groups is 1. The van der Waals surface area contributed by atoms with Gasteiger partial charge in [-0.15, -0.1) is 0 Å². The molecule has 1 heterocycles. The van der Waals surface area contributed by atoms with Crippen LogP contribution in [-0.4, -0.2) is 11.7 Å². The van der Waals surface area contributed by atoms with Crippen LogP contribution in [-0.2, 0) is 0 Å². The summed E-state index contributed by atoms with van der Waals surface area (Å²) in [6, 6.07) is 3.93. The van der Waals surface area contributed by atoms with Crippen LogP contribution in [0.25, 0.3) is 0 Å². The van der Waals surface area contributed by atoms with E-state index in [1.54, 1.807) is 6.26 Å². The molecule has 1 N–H and O–H groups in total. The van der Waals surface area contributed by atoms with Gasteiger partial charge in [0.05, 0.1) is 6.26 Å². The molecule has 1 saturated carbocycles. The van der Waals surface area contributed by atoms with E-state index in [1.807, 2.05) is 12.1 Å². The summed E-state index contributed by atoms with van der Waals surface area (Å²) < 4.78 is 5.34. The van der Waals surface area contributed by atoms with Gasteiger partial charge in [-0.3, -0.25) is 0 Å². The van der Waals surface area contributed by atoms with E-state index in [-0.39, 0.29) is 0 Å². The van der Waals surface area contributed by atoms with E-state index in [4.69, 9.17) is 9.52 Å². The van der Waals surface area contributed by atoms with Gasteiger partial charge in [0.2, 0.25) is 0 Å². The van der Waals surface area contributed by atoms with Crippen LogP contribution in [0.15, 0.2) is 22.8 Å². The van der Waals surface area contributed by atoms with Crippen LogP contribution in [0.5, 0.6) is 0 Å². The zero-order chi connectivity index (χ0) is 8.39. The first-order chi connectivity index (χ1) is 5.92. The average Bonchev–Trinajstić information content (AvgIpc) is 2.74. The summed E-state index contributed by atoms with van der Waals surface area (Å²) in [5.74, 6) is 1.94. The highest BCUT2D eigenvalue weighted by molar-refractivity contribution is 5.08. The summed E-state index contributed by atoms with van der Waals surface area (Å²) in [5.41, 5.74) is 0. The Bertz CT molecular complexity index is 228. The van der Waals surface area contributed by atoms with Crippen molar-refractivity contribution in [1.82, 2.24) is 0 Å². The molecule has 1 aliphatic rings. The van der Waals surface area contributed by atoms with E-state index >= 15 is 0 Å². The molecule has 0 radical (unpaired) electrons. The zero-order valence-corrected chi connectivity index (χ0v) is 7.07. The standard InChI is InChI=1S/C10H14O2/c11-7-8-3-1-4-9(8)10-5-2-6-12-10/h2,5-6,8-9,11H,1,3-4,7H2. The van der Waals surface area contributed by atoms with Crippen LogP contribution < -0.4 is 0 Å². The van der Waals surface area contributed by atoms with Gasteiger partial charge in [-0.25, -0.2) is 0 Å². The van der Waals surface area contributed by atoms with Crippen molar-refractivity contribution in [2.24, 2.45) is 5.92 Å². The fourth-order valence-corrected chi connectivity index (χ4v) is 2.13. The summed E-state index contributed by atoms with van der Waals surface area (Å²) in [5, 5.41) is 9.09. The number of hydrogen-bond donors (Lipinski definition) is 1. The molecule has 1 fully saturated rings.